The van der Waals surface area contributed by atoms with E-state index in [1.54, 1.807) is 18.3 Å². The van der Waals surface area contributed by atoms with Gasteiger partial charge in [0.05, 0.1) is 5.56 Å². The van der Waals surface area contributed by atoms with E-state index in [0.29, 0.717) is 12.0 Å². The van der Waals surface area contributed by atoms with Crippen LogP contribution in [0, 0.1) is 6.92 Å². The number of nitrogens with zero attached hydrogens (tertiary/aromatic N) is 2. The van der Waals surface area contributed by atoms with Crippen molar-refractivity contribution in [2.45, 2.75) is 13.3 Å². The molecule has 0 aliphatic carbocycles. The highest BCUT2D eigenvalue weighted by Crippen LogP contribution is 2.17. The van der Waals surface area contributed by atoms with Crippen LogP contribution in [0.15, 0.2) is 42.7 Å². The number of carbonyl (C=O) groups is 1. The summed E-state index contributed by atoms with van der Waals surface area (Å²) >= 11 is 0. The van der Waals surface area contributed by atoms with Gasteiger partial charge >= 0.3 is 5.97 Å². The van der Waals surface area contributed by atoms with Crippen LogP contribution in [-0.2, 0) is 6.42 Å². The second-order valence-electron chi connectivity index (χ2n) is 4.80. The topological polar surface area (TPSA) is 53.4 Å². The van der Waals surface area contributed by atoms with Crippen LogP contribution in [0.1, 0.15) is 21.5 Å². The van der Waals surface area contributed by atoms with Gasteiger partial charge < -0.3 is 10.0 Å². The van der Waals surface area contributed by atoms with Crippen LogP contribution in [0.2, 0.25) is 0 Å². The zero-order valence-electron chi connectivity index (χ0n) is 11.7. The Bertz CT molecular complexity index is 611. The molecule has 20 heavy (non-hydrogen) atoms. The Balaban J connectivity index is 2.10. The monoisotopic (exact) mass is 270 g/mol. The van der Waals surface area contributed by atoms with Crippen molar-refractivity contribution in [1.82, 2.24) is 4.98 Å². The first-order valence-electron chi connectivity index (χ1n) is 6.52. The molecule has 2 rings (SSSR count). The lowest BCUT2D eigenvalue weighted by atomic mass is 10.0. The predicted octanol–water partition coefficient (Wildman–Crippen LogP) is 2.77. The maximum absolute atomic E-state index is 11.2. The molecule has 1 aromatic heterocycles. The number of anilines is 1. The summed E-state index contributed by atoms with van der Waals surface area (Å²) in [7, 11) is 2.01. The molecule has 2 aromatic rings. The van der Waals surface area contributed by atoms with E-state index in [-0.39, 0.29) is 0 Å². The lowest BCUT2D eigenvalue weighted by Crippen LogP contribution is -2.22. The lowest BCUT2D eigenvalue weighted by molar-refractivity contribution is 0.0695. The largest absolute Gasteiger partial charge is 0.478 e. The van der Waals surface area contributed by atoms with E-state index in [1.807, 2.05) is 38.4 Å². The average Bonchev–Trinajstić information content (AvgIpc) is 2.45. The number of carboxylic acid groups (broad SMARTS) is 1. The van der Waals surface area contributed by atoms with Gasteiger partial charge in [0.25, 0.3) is 0 Å². The second kappa shape index (κ2) is 6.19. The van der Waals surface area contributed by atoms with Gasteiger partial charge in [-0.2, -0.15) is 0 Å². The molecule has 0 saturated carbocycles. The van der Waals surface area contributed by atoms with Gasteiger partial charge in [-0.15, -0.1) is 0 Å². The van der Waals surface area contributed by atoms with Crippen LogP contribution in [0.25, 0.3) is 0 Å². The normalized spacial score (nSPS) is 10.3. The standard InChI is InChI=1S/C16H18N2O2/c1-12-11-17-9-7-15(12)18(2)10-8-13-5-3-4-6-14(13)16(19)20/h3-7,9,11H,8,10H2,1-2H3,(H,19,20). The molecule has 0 atom stereocenters. The number of pyridine rings is 1. The fourth-order valence-electron chi connectivity index (χ4n) is 2.25. The first-order valence-corrected chi connectivity index (χ1v) is 6.52. The molecule has 4 heteroatoms. The molecule has 0 fully saturated rings. The highest BCUT2D eigenvalue weighted by molar-refractivity contribution is 5.89. The Labute approximate surface area is 118 Å². The molecule has 104 valence electrons. The minimum Gasteiger partial charge on any atom is -0.478 e. The van der Waals surface area contributed by atoms with Crippen molar-refractivity contribution in [3.8, 4) is 0 Å². The third-order valence-corrected chi connectivity index (χ3v) is 3.37. The Hall–Kier alpha value is -2.36. The van der Waals surface area contributed by atoms with Crippen molar-refractivity contribution in [2.75, 3.05) is 18.5 Å². The number of hydrogen-bond acceptors (Lipinski definition) is 3. The molecule has 0 bridgehead atoms. The minimum absolute atomic E-state index is 0.382. The quantitative estimate of drug-likeness (QED) is 0.907. The molecule has 1 aromatic carbocycles. The van der Waals surface area contributed by atoms with Crippen LogP contribution in [0.3, 0.4) is 0 Å². The van der Waals surface area contributed by atoms with Crippen molar-refractivity contribution in [3.63, 3.8) is 0 Å². The smallest absolute Gasteiger partial charge is 0.335 e. The molecular formula is C16H18N2O2. The summed E-state index contributed by atoms with van der Waals surface area (Å²) in [5, 5.41) is 9.17. The summed E-state index contributed by atoms with van der Waals surface area (Å²) < 4.78 is 0. The summed E-state index contributed by atoms with van der Waals surface area (Å²) in [6.07, 6.45) is 4.29. The molecule has 0 aliphatic heterocycles. The lowest BCUT2D eigenvalue weighted by Gasteiger charge is -2.21. The fourth-order valence-corrected chi connectivity index (χ4v) is 2.25. The van der Waals surface area contributed by atoms with E-state index in [2.05, 4.69) is 9.88 Å². The minimum atomic E-state index is -0.872. The maximum Gasteiger partial charge on any atom is 0.335 e. The van der Waals surface area contributed by atoms with Crippen LogP contribution in [-0.4, -0.2) is 29.7 Å². The van der Waals surface area contributed by atoms with Crippen molar-refractivity contribution in [1.29, 1.82) is 0 Å². The van der Waals surface area contributed by atoms with Crippen LogP contribution in [0.5, 0.6) is 0 Å². The summed E-state index contributed by atoms with van der Waals surface area (Å²) in [5.41, 5.74) is 3.47. The Kier molecular flexibility index (Phi) is 4.35. The number of likely N-dealkylation sites (N-methyl/N-ethyl adjacent to an activating group) is 1. The van der Waals surface area contributed by atoms with Gasteiger partial charge in [-0.05, 0) is 36.6 Å². The number of aromatic nitrogens is 1. The van der Waals surface area contributed by atoms with Crippen LogP contribution < -0.4 is 4.90 Å². The molecule has 0 aliphatic rings. The summed E-state index contributed by atoms with van der Waals surface area (Å²) in [4.78, 5) is 17.4. The summed E-state index contributed by atoms with van der Waals surface area (Å²) in [6.45, 7) is 2.78. The molecule has 0 amide bonds. The Morgan fingerprint density at radius 1 is 1.30 bits per heavy atom. The highest BCUT2D eigenvalue weighted by Gasteiger charge is 2.10. The zero-order valence-corrected chi connectivity index (χ0v) is 11.7. The van der Waals surface area contributed by atoms with Gasteiger partial charge in [0, 0.05) is 31.7 Å². The van der Waals surface area contributed by atoms with Gasteiger partial charge in [0.1, 0.15) is 0 Å². The van der Waals surface area contributed by atoms with E-state index < -0.39 is 5.97 Å². The second-order valence-corrected chi connectivity index (χ2v) is 4.80. The molecule has 0 radical (unpaired) electrons. The Morgan fingerprint density at radius 3 is 2.75 bits per heavy atom. The molecular weight excluding hydrogens is 252 g/mol. The third kappa shape index (κ3) is 3.15. The van der Waals surface area contributed by atoms with Gasteiger partial charge in [-0.25, -0.2) is 4.79 Å². The Morgan fingerprint density at radius 2 is 2.05 bits per heavy atom. The first-order chi connectivity index (χ1) is 9.59. The number of rotatable bonds is 5. The van der Waals surface area contributed by atoms with E-state index in [4.69, 9.17) is 0 Å². The molecule has 0 spiro atoms. The van der Waals surface area contributed by atoms with E-state index in [0.717, 1.165) is 23.4 Å². The van der Waals surface area contributed by atoms with E-state index in [9.17, 15) is 9.90 Å². The highest BCUT2D eigenvalue weighted by atomic mass is 16.4. The predicted molar refractivity (Wildman–Crippen MR) is 79.3 cm³/mol. The number of aryl methyl sites for hydroxylation is 1. The van der Waals surface area contributed by atoms with Crippen LogP contribution >= 0.6 is 0 Å². The molecule has 1 heterocycles. The van der Waals surface area contributed by atoms with E-state index in [1.165, 1.54) is 0 Å². The number of carboxylic acids is 1. The molecule has 4 nitrogen and oxygen atoms in total. The zero-order chi connectivity index (χ0) is 14.5. The van der Waals surface area contributed by atoms with Gasteiger partial charge in [-0.3, -0.25) is 4.98 Å². The third-order valence-electron chi connectivity index (χ3n) is 3.37. The number of benzene rings is 1. The number of aromatic carboxylic acids is 1. The van der Waals surface area contributed by atoms with Gasteiger partial charge in [-0.1, -0.05) is 18.2 Å². The summed E-state index contributed by atoms with van der Waals surface area (Å²) in [6, 6.07) is 9.12. The first kappa shape index (κ1) is 14.1. The summed E-state index contributed by atoms with van der Waals surface area (Å²) in [5.74, 6) is -0.872. The van der Waals surface area contributed by atoms with E-state index >= 15 is 0 Å². The van der Waals surface area contributed by atoms with Crippen molar-refractivity contribution in [3.05, 3.63) is 59.4 Å². The molecule has 1 N–H and O–H groups in total. The van der Waals surface area contributed by atoms with Gasteiger partial charge in [0.15, 0.2) is 0 Å². The van der Waals surface area contributed by atoms with Crippen molar-refractivity contribution < 1.29 is 9.90 Å². The molecule has 0 unspecified atom stereocenters. The van der Waals surface area contributed by atoms with Gasteiger partial charge in [0.2, 0.25) is 0 Å². The van der Waals surface area contributed by atoms with Crippen molar-refractivity contribution >= 4 is 11.7 Å². The maximum atomic E-state index is 11.2. The number of hydrogen-bond donors (Lipinski definition) is 1. The average molecular weight is 270 g/mol. The van der Waals surface area contributed by atoms with Crippen molar-refractivity contribution in [2.24, 2.45) is 0 Å². The van der Waals surface area contributed by atoms with Crippen LogP contribution in [0.4, 0.5) is 5.69 Å². The SMILES string of the molecule is Cc1cnccc1N(C)CCc1ccccc1C(=O)O. The fraction of sp³-hybridized carbons (Fsp3) is 0.250. The molecule has 0 saturated heterocycles.